The van der Waals surface area contributed by atoms with Crippen LogP contribution < -0.4 is 0 Å². The van der Waals surface area contributed by atoms with Crippen LogP contribution in [0.25, 0.3) is 10.8 Å². The van der Waals surface area contributed by atoms with Crippen molar-refractivity contribution in [3.63, 3.8) is 0 Å². The van der Waals surface area contributed by atoms with Gasteiger partial charge in [-0.3, -0.25) is 4.79 Å². The van der Waals surface area contributed by atoms with E-state index in [1.54, 1.807) is 0 Å². The van der Waals surface area contributed by atoms with E-state index in [9.17, 15) is 4.79 Å². The smallest absolute Gasteiger partial charge is 0.164 e. The minimum Gasteiger partial charge on any atom is -0.294 e. The van der Waals surface area contributed by atoms with Gasteiger partial charge >= 0.3 is 0 Å². The molecule has 0 spiro atoms. The summed E-state index contributed by atoms with van der Waals surface area (Å²) in [6.45, 7) is 2.08. The normalized spacial score (nSPS) is 12.6. The fourth-order valence-electron chi connectivity index (χ4n) is 2.10. The fraction of sp³-hybridized carbons (Fsp3) is 0.312. The summed E-state index contributed by atoms with van der Waals surface area (Å²) in [6.07, 6.45) is 2.33. The highest BCUT2D eigenvalue weighted by atomic mass is 35.5. The Labute approximate surface area is 113 Å². The van der Waals surface area contributed by atoms with E-state index in [1.807, 2.05) is 42.5 Å². The lowest BCUT2D eigenvalue weighted by Gasteiger charge is -2.07. The van der Waals surface area contributed by atoms with Crippen molar-refractivity contribution in [3.8, 4) is 0 Å². The zero-order chi connectivity index (χ0) is 13.0. The molecule has 18 heavy (non-hydrogen) atoms. The van der Waals surface area contributed by atoms with Gasteiger partial charge < -0.3 is 0 Å². The van der Waals surface area contributed by atoms with Crippen LogP contribution >= 0.6 is 11.6 Å². The fourth-order valence-corrected chi connectivity index (χ4v) is 2.46. The Hall–Kier alpha value is -1.34. The molecular formula is C16H17ClO. The predicted octanol–water partition coefficient (Wildman–Crippen LogP) is 4.82. The summed E-state index contributed by atoms with van der Waals surface area (Å²) in [4.78, 5) is 12.1. The average molecular weight is 261 g/mol. The zero-order valence-electron chi connectivity index (χ0n) is 10.5. The molecule has 0 fully saturated rings. The topological polar surface area (TPSA) is 17.1 Å². The second-order valence-corrected chi connectivity index (χ2v) is 5.19. The maximum atomic E-state index is 12.1. The Morgan fingerprint density at radius 3 is 2.61 bits per heavy atom. The molecule has 0 radical (unpaired) electrons. The summed E-state index contributed by atoms with van der Waals surface area (Å²) < 4.78 is 0. The molecule has 94 valence electrons. The van der Waals surface area contributed by atoms with Crippen LogP contribution in [0, 0.1) is 0 Å². The van der Waals surface area contributed by atoms with Gasteiger partial charge in [0.25, 0.3) is 0 Å². The first-order valence-corrected chi connectivity index (χ1v) is 6.80. The quantitative estimate of drug-likeness (QED) is 0.556. The van der Waals surface area contributed by atoms with Gasteiger partial charge in [0.15, 0.2) is 5.78 Å². The summed E-state index contributed by atoms with van der Waals surface area (Å²) in [5.41, 5.74) is 0.760. The number of Topliss-reactive ketones (excluding diaryl/α,β-unsaturated/α-hetero) is 1. The summed E-state index contributed by atoms with van der Waals surface area (Å²) >= 11 is 6.12. The second kappa shape index (κ2) is 6.01. The first kappa shape index (κ1) is 13.1. The van der Waals surface area contributed by atoms with Gasteiger partial charge in [0, 0.05) is 17.4 Å². The summed E-state index contributed by atoms with van der Waals surface area (Å²) in [7, 11) is 0. The number of fused-ring (bicyclic) bond motifs is 1. The van der Waals surface area contributed by atoms with E-state index in [4.69, 9.17) is 11.6 Å². The highest BCUT2D eigenvalue weighted by Crippen LogP contribution is 2.19. The molecule has 0 amide bonds. The van der Waals surface area contributed by atoms with E-state index in [-0.39, 0.29) is 11.2 Å². The van der Waals surface area contributed by atoms with E-state index in [1.165, 1.54) is 0 Å². The molecule has 0 bridgehead atoms. The van der Waals surface area contributed by atoms with Gasteiger partial charge in [-0.2, -0.15) is 0 Å². The lowest BCUT2D eigenvalue weighted by Crippen LogP contribution is -2.08. The Balaban J connectivity index is 2.17. The average Bonchev–Trinajstić information content (AvgIpc) is 2.38. The van der Waals surface area contributed by atoms with E-state index in [0.29, 0.717) is 6.42 Å². The number of carbonyl (C=O) groups excluding carboxylic acids is 1. The third kappa shape index (κ3) is 3.11. The Bertz CT molecular complexity index is 548. The van der Waals surface area contributed by atoms with Crippen LogP contribution in [0.1, 0.15) is 36.5 Å². The lowest BCUT2D eigenvalue weighted by atomic mass is 10.0. The molecule has 0 saturated carbocycles. The largest absolute Gasteiger partial charge is 0.294 e. The number of rotatable bonds is 5. The highest BCUT2D eigenvalue weighted by molar-refractivity contribution is 6.22. The molecule has 0 saturated heterocycles. The van der Waals surface area contributed by atoms with Gasteiger partial charge in [-0.1, -0.05) is 49.7 Å². The maximum absolute atomic E-state index is 12.1. The van der Waals surface area contributed by atoms with Crippen LogP contribution in [0.5, 0.6) is 0 Å². The SMILES string of the molecule is CCCC(Cl)CC(=O)c1ccc2ccccc2c1. The van der Waals surface area contributed by atoms with Gasteiger partial charge in [0.1, 0.15) is 0 Å². The first-order valence-electron chi connectivity index (χ1n) is 6.36. The van der Waals surface area contributed by atoms with Crippen LogP contribution in [-0.2, 0) is 0 Å². The molecule has 0 aliphatic rings. The van der Waals surface area contributed by atoms with Gasteiger partial charge in [0.2, 0.25) is 0 Å². The third-order valence-corrected chi connectivity index (χ3v) is 3.45. The third-order valence-electron chi connectivity index (χ3n) is 3.08. The Kier molecular flexibility index (Phi) is 4.38. The van der Waals surface area contributed by atoms with Crippen molar-refractivity contribution >= 4 is 28.2 Å². The van der Waals surface area contributed by atoms with Crippen molar-refractivity contribution in [2.24, 2.45) is 0 Å². The van der Waals surface area contributed by atoms with E-state index in [2.05, 4.69) is 6.92 Å². The van der Waals surface area contributed by atoms with Crippen molar-refractivity contribution in [2.45, 2.75) is 31.6 Å². The molecule has 2 aromatic carbocycles. The standard InChI is InChI=1S/C16H17ClO/c1-2-5-15(17)11-16(18)14-9-8-12-6-3-4-7-13(12)10-14/h3-4,6-10,15H,2,5,11H2,1H3. The van der Waals surface area contributed by atoms with Gasteiger partial charge in [-0.05, 0) is 23.3 Å². The summed E-state index contributed by atoms with van der Waals surface area (Å²) in [6, 6.07) is 13.9. The van der Waals surface area contributed by atoms with Crippen molar-refractivity contribution in [1.82, 2.24) is 0 Å². The molecule has 2 heteroatoms. The Morgan fingerprint density at radius 1 is 1.17 bits per heavy atom. The van der Waals surface area contributed by atoms with Crippen molar-refractivity contribution in [1.29, 1.82) is 0 Å². The van der Waals surface area contributed by atoms with Crippen molar-refractivity contribution in [3.05, 3.63) is 48.0 Å². The van der Waals surface area contributed by atoms with E-state index >= 15 is 0 Å². The number of carbonyl (C=O) groups is 1. The molecule has 0 aliphatic heterocycles. The zero-order valence-corrected chi connectivity index (χ0v) is 11.3. The van der Waals surface area contributed by atoms with Gasteiger partial charge in [0.05, 0.1) is 0 Å². The first-order chi connectivity index (χ1) is 8.70. The Morgan fingerprint density at radius 2 is 1.89 bits per heavy atom. The van der Waals surface area contributed by atoms with Crippen LogP contribution in [0.2, 0.25) is 0 Å². The molecule has 0 heterocycles. The van der Waals surface area contributed by atoms with Gasteiger partial charge in [-0.25, -0.2) is 0 Å². The number of hydrogen-bond acceptors (Lipinski definition) is 1. The molecule has 0 aromatic heterocycles. The molecule has 1 nitrogen and oxygen atoms in total. The second-order valence-electron chi connectivity index (χ2n) is 4.58. The molecule has 2 aromatic rings. The minimum absolute atomic E-state index is 0.0472. The van der Waals surface area contributed by atoms with E-state index in [0.717, 1.165) is 29.2 Å². The number of hydrogen-bond donors (Lipinski definition) is 0. The summed E-state index contributed by atoms with van der Waals surface area (Å²) in [5.74, 6) is 0.134. The monoisotopic (exact) mass is 260 g/mol. The van der Waals surface area contributed by atoms with Crippen LogP contribution in [0.4, 0.5) is 0 Å². The molecule has 1 atom stereocenters. The van der Waals surface area contributed by atoms with Crippen molar-refractivity contribution < 1.29 is 4.79 Å². The van der Waals surface area contributed by atoms with Crippen LogP contribution in [0.15, 0.2) is 42.5 Å². The lowest BCUT2D eigenvalue weighted by molar-refractivity contribution is 0.0981. The predicted molar refractivity (Wildman–Crippen MR) is 77.4 cm³/mol. The summed E-state index contributed by atoms with van der Waals surface area (Å²) in [5, 5.41) is 2.21. The molecule has 0 N–H and O–H groups in total. The van der Waals surface area contributed by atoms with Crippen molar-refractivity contribution in [2.75, 3.05) is 0 Å². The number of halogens is 1. The maximum Gasteiger partial charge on any atom is 0.164 e. The van der Waals surface area contributed by atoms with E-state index < -0.39 is 0 Å². The number of alkyl halides is 1. The molecule has 0 aliphatic carbocycles. The number of benzene rings is 2. The molecule has 1 unspecified atom stereocenters. The molecule has 2 rings (SSSR count). The van der Waals surface area contributed by atoms with Crippen LogP contribution in [0.3, 0.4) is 0 Å². The van der Waals surface area contributed by atoms with Crippen LogP contribution in [-0.4, -0.2) is 11.2 Å². The number of ketones is 1. The molecular weight excluding hydrogens is 244 g/mol. The highest BCUT2D eigenvalue weighted by Gasteiger charge is 2.12. The minimum atomic E-state index is -0.0472. The van der Waals surface area contributed by atoms with Gasteiger partial charge in [-0.15, -0.1) is 11.6 Å².